The molecule has 2 aliphatic carbocycles. The van der Waals surface area contributed by atoms with E-state index in [2.05, 4.69) is 61.9 Å². The van der Waals surface area contributed by atoms with Crippen LogP contribution < -0.4 is 35.6 Å². The number of rotatable bonds is 36. The molecule has 0 saturated carbocycles. The monoisotopic (exact) mass is 1660 g/mol. The Bertz CT molecular complexity index is 4380. The minimum atomic E-state index is -6.17. The molecule has 4 fully saturated rings. The molecule has 4 saturated heterocycles. The topological polar surface area (TPSA) is 285 Å². The molecule has 5 aromatic rings. The van der Waals surface area contributed by atoms with Crippen molar-refractivity contribution in [2.24, 2.45) is 10.8 Å². The van der Waals surface area contributed by atoms with Crippen molar-refractivity contribution in [3.63, 3.8) is 0 Å². The molecular formula is C82H108ClF3N10O15S3. The predicted molar refractivity (Wildman–Crippen MR) is 431 cm³/mol. The van der Waals surface area contributed by atoms with Crippen LogP contribution in [0.3, 0.4) is 0 Å². The molecule has 25 nitrogen and oxygen atoms in total. The molecule has 5 aromatic carbocycles. The molecule has 0 unspecified atom stereocenters. The summed E-state index contributed by atoms with van der Waals surface area (Å²) in [4.78, 5) is 76.5. The largest absolute Gasteiger partial charge is 0.501 e. The Morgan fingerprint density at radius 3 is 2.08 bits per heavy atom. The minimum Gasteiger partial charge on any atom is -0.491 e. The zero-order valence-corrected chi connectivity index (χ0v) is 68.9. The quantitative estimate of drug-likeness (QED) is 0.0184. The van der Waals surface area contributed by atoms with Gasteiger partial charge in [-0.3, -0.25) is 33.8 Å². The van der Waals surface area contributed by atoms with E-state index in [1.54, 1.807) is 35.9 Å². The molecule has 5 amide bonds. The Morgan fingerprint density at radius 2 is 1.40 bits per heavy atom. The summed E-state index contributed by atoms with van der Waals surface area (Å²) in [5.41, 5.74) is 0.182. The SMILES string of the molecule is CN[C@@H](C)C(=O)N[C@H]1CCO[C@H]2CC(C)(C)[C@@H](C(=O)N[C@@H]3CCCc4cc(OCCOCCOCCOCCOCC(=O)N5CCN(CC[C@H](CSc6ccccc6)Nc6ccc(S(=O)(=O)NC(=O)c7ccc(N8CCN(CC9=C(c%10ccc(Cl)cc%10)CCC(C)(C)C9)CC8)cc7)cc6S(=O)(=O)C(F)(F)F)CC5)ccc43)N2C1=O. The van der Waals surface area contributed by atoms with Gasteiger partial charge in [0.1, 0.15) is 42.2 Å². The number of sulfone groups is 1. The zero-order chi connectivity index (χ0) is 81.4. The van der Waals surface area contributed by atoms with Crippen LogP contribution in [0.15, 0.2) is 136 Å². The lowest BCUT2D eigenvalue weighted by Gasteiger charge is -2.39. The number of anilines is 2. The van der Waals surface area contributed by atoms with Gasteiger partial charge in [0.25, 0.3) is 25.8 Å². The molecular weight excluding hydrogens is 1550 g/mol. The minimum absolute atomic E-state index is 0.0373. The van der Waals surface area contributed by atoms with Crippen LogP contribution in [0.25, 0.3) is 5.57 Å². The van der Waals surface area contributed by atoms with Crippen LogP contribution in [0.5, 0.6) is 5.75 Å². The first-order valence-corrected chi connectivity index (χ1v) is 43.6. The van der Waals surface area contributed by atoms with E-state index >= 15 is 0 Å². The van der Waals surface area contributed by atoms with E-state index in [-0.39, 0.29) is 72.8 Å². The highest BCUT2D eigenvalue weighted by atomic mass is 35.5. The van der Waals surface area contributed by atoms with Gasteiger partial charge in [-0.1, -0.05) is 81.3 Å². The Hall–Kier alpha value is -7.40. The van der Waals surface area contributed by atoms with Crippen LogP contribution in [-0.4, -0.2) is 246 Å². The number of hydrogen-bond acceptors (Lipinski definition) is 21. The lowest BCUT2D eigenvalue weighted by atomic mass is 9.73. The van der Waals surface area contributed by atoms with Gasteiger partial charge in [-0.05, 0) is 177 Å². The van der Waals surface area contributed by atoms with Gasteiger partial charge in [-0.25, -0.2) is 21.6 Å². The molecule has 6 atom stereocenters. The Morgan fingerprint density at radius 1 is 0.737 bits per heavy atom. The number of hydrogen-bond donors (Lipinski definition) is 5. The summed E-state index contributed by atoms with van der Waals surface area (Å²) in [6.45, 7) is 18.7. The standard InChI is InChI=1S/C82H108ClF3N10O15S3/c1-56(87-6)76(98)90-71-29-40-111-74-52-81(4,5)75(96(74)79(71)101)78(100)89-69-14-10-11-59-49-64(23-25-68(59)69)110-48-47-108-44-43-106-41-42-107-45-46-109-54-73(97)95-38-32-92(33-39-95)31-28-62(55-112-65-12-8-7-9-13-65)88-70-26-24-66(50-72(70)113(102,103)82(84,85)86)114(104,105)91-77(99)58-17-21-63(22-18-58)94-36-34-93(35-37-94)53-60-51-80(2,3)30-27-67(60)57-15-19-61(83)20-16-57/h7-9,12-13,15-26,49-50,56,62,69,71,74-75,87-88H,10-11,14,27-48,51-55H2,1-6H3,(H,89,100)(H,90,98)(H,91,99)/t56-,62+,69+,71-,74-,75+/m0/s1. The first-order valence-electron chi connectivity index (χ1n) is 39.3. The number of likely N-dealkylation sites (N-methyl/N-ethyl adjacent to an activating group) is 1. The van der Waals surface area contributed by atoms with Gasteiger partial charge >= 0.3 is 5.51 Å². The maximum Gasteiger partial charge on any atom is 0.501 e. The van der Waals surface area contributed by atoms with Crippen molar-refractivity contribution in [2.75, 3.05) is 155 Å². The van der Waals surface area contributed by atoms with E-state index in [4.69, 9.17) is 40.0 Å². The van der Waals surface area contributed by atoms with Crippen molar-refractivity contribution in [1.29, 1.82) is 0 Å². The molecule has 4 aliphatic heterocycles. The third kappa shape index (κ3) is 23.3. The summed E-state index contributed by atoms with van der Waals surface area (Å²) in [6, 6.07) is 28.9. The van der Waals surface area contributed by atoms with E-state index in [1.807, 2.05) is 79.2 Å². The van der Waals surface area contributed by atoms with E-state index in [9.17, 15) is 54.0 Å². The van der Waals surface area contributed by atoms with Crippen LogP contribution in [0, 0.1) is 10.8 Å². The molecule has 5 N–H and O–H groups in total. The average Bonchev–Trinajstić information content (AvgIpc) is 1.61. The van der Waals surface area contributed by atoms with Gasteiger partial charge in [0, 0.05) is 105 Å². The van der Waals surface area contributed by atoms with E-state index in [0.29, 0.717) is 122 Å². The van der Waals surface area contributed by atoms with Crippen molar-refractivity contribution in [3.8, 4) is 5.75 Å². The van der Waals surface area contributed by atoms with Crippen molar-refractivity contribution >= 4 is 89.7 Å². The number of allylic oxidation sites excluding steroid dienone is 1. The second kappa shape index (κ2) is 39.7. The number of thioether (sulfide) groups is 1. The number of aryl methyl sites for hydroxylation is 1. The van der Waals surface area contributed by atoms with E-state index in [0.717, 1.165) is 92.0 Å². The number of ether oxygens (including phenoxy) is 6. The third-order valence-electron chi connectivity index (χ3n) is 22.1. The second-order valence-corrected chi connectivity index (χ2v) is 36.5. The van der Waals surface area contributed by atoms with Gasteiger partial charge in [0.15, 0.2) is 0 Å². The molecule has 32 heteroatoms. The number of nitrogens with zero attached hydrogens (tertiary/aromatic N) is 5. The normalized spacial score (nSPS) is 20.8. The number of piperazine rings is 2. The number of halogens is 4. The molecule has 114 heavy (non-hydrogen) atoms. The molecule has 11 rings (SSSR count). The highest BCUT2D eigenvalue weighted by Gasteiger charge is 2.55. The number of carbonyl (C=O) groups excluding carboxylic acids is 5. The Kier molecular flexibility index (Phi) is 30.4. The molecule has 0 bridgehead atoms. The van der Waals surface area contributed by atoms with Gasteiger partial charge in [0.2, 0.25) is 23.6 Å². The number of alkyl halides is 3. The van der Waals surface area contributed by atoms with Crippen LogP contribution in [0.4, 0.5) is 24.5 Å². The van der Waals surface area contributed by atoms with Gasteiger partial charge in [0.05, 0.1) is 75.5 Å². The van der Waals surface area contributed by atoms with Gasteiger partial charge in [-0.15, -0.1) is 11.8 Å². The molecule has 0 spiro atoms. The first kappa shape index (κ1) is 87.4. The summed E-state index contributed by atoms with van der Waals surface area (Å²) in [7, 11) is -9.43. The lowest BCUT2D eigenvalue weighted by Crippen LogP contribution is -2.58. The number of amides is 5. The number of fused-ring (bicyclic) bond motifs is 2. The first-order chi connectivity index (χ1) is 54.4. The Labute approximate surface area is 676 Å². The predicted octanol–water partition coefficient (Wildman–Crippen LogP) is 9.75. The lowest BCUT2D eigenvalue weighted by molar-refractivity contribution is -0.150. The van der Waals surface area contributed by atoms with Crippen molar-refractivity contribution in [3.05, 3.63) is 148 Å². The highest BCUT2D eigenvalue weighted by Crippen LogP contribution is 2.46. The molecule has 6 aliphatic rings. The fourth-order valence-electron chi connectivity index (χ4n) is 15.6. The molecule has 0 aromatic heterocycles. The van der Waals surface area contributed by atoms with Crippen LogP contribution in [0.2, 0.25) is 5.02 Å². The van der Waals surface area contributed by atoms with Crippen molar-refractivity contribution < 1.29 is 82.4 Å². The summed E-state index contributed by atoms with van der Waals surface area (Å²) in [5.74, 6) is -1.18. The highest BCUT2D eigenvalue weighted by molar-refractivity contribution is 7.99. The summed E-state index contributed by atoms with van der Waals surface area (Å²) >= 11 is 7.62. The fourth-order valence-corrected chi connectivity index (χ4v) is 18.7. The number of nitrogens with one attached hydrogen (secondary N) is 5. The molecule has 622 valence electrons. The molecule has 0 radical (unpaired) electrons. The number of sulfonamides is 1. The van der Waals surface area contributed by atoms with Crippen molar-refractivity contribution in [2.45, 2.75) is 149 Å². The van der Waals surface area contributed by atoms with Crippen LogP contribution >= 0.6 is 23.4 Å². The van der Waals surface area contributed by atoms with Gasteiger partial charge < -0.3 is 64.4 Å². The fraction of sp³-hybridized carbons (Fsp3) is 0.549. The summed E-state index contributed by atoms with van der Waals surface area (Å²) in [5, 5.41) is 12.7. The van der Waals surface area contributed by atoms with Crippen LogP contribution in [0.1, 0.15) is 119 Å². The third-order valence-corrected chi connectivity index (χ3v) is 26.4. The van der Waals surface area contributed by atoms with E-state index < -0.39 is 82.6 Å². The van der Waals surface area contributed by atoms with Gasteiger partial charge in [-0.2, -0.15) is 13.2 Å². The zero-order valence-electron chi connectivity index (χ0n) is 65.7. The maximum absolute atomic E-state index is 14.6. The summed E-state index contributed by atoms with van der Waals surface area (Å²) in [6.07, 6.45) is 6.04. The van der Waals surface area contributed by atoms with Crippen LogP contribution in [-0.2, 0) is 69.1 Å². The maximum atomic E-state index is 14.6. The number of benzene rings is 5. The molecule has 4 heterocycles. The Balaban J connectivity index is 0.571. The van der Waals surface area contributed by atoms with E-state index in [1.165, 1.54) is 40.6 Å². The van der Waals surface area contributed by atoms with Crippen molar-refractivity contribution in [1.82, 2.24) is 40.3 Å². The summed E-state index contributed by atoms with van der Waals surface area (Å²) < 4.78 is 135. The smallest absolute Gasteiger partial charge is 0.491 e. The number of carbonyl (C=O) groups is 5. The second-order valence-electron chi connectivity index (χ2n) is 31.3. The average molecular weight is 1660 g/mol.